The molecule has 8 nitrogen and oxygen atoms in total. The summed E-state index contributed by atoms with van der Waals surface area (Å²) in [6.45, 7) is 5.46. The van der Waals surface area contributed by atoms with Gasteiger partial charge in [0, 0.05) is 43.5 Å². The molecule has 6 rings (SSSR count). The topological polar surface area (TPSA) is 108 Å². The molecule has 0 aliphatic carbocycles. The average molecular weight is 701 g/mol. The predicted octanol–water partition coefficient (Wildman–Crippen LogP) is 8.35. The molecule has 1 saturated heterocycles. The minimum absolute atomic E-state index is 0.0136. The molecular formula is C44H48N2O6. The lowest BCUT2D eigenvalue weighted by Crippen LogP contribution is -2.44. The standard InChI is InChI=1S/C44H48N2O6/c1-29-40(27-46(3)30(2)35-22-21-33-10-4-5-11-37(33)24-35)51-44(52-43(29)34-19-17-31(28-47)18-20-34)39-14-7-13-38(25-39)36-12-6-9-32(23-36)26-45-41(48)15-8-16-42(49)50/h4-7,9-14,17-25,29-30,40,43-44,47H,8,15-16,26-28H2,1-3H3,(H,45,48)(H,49,50)/t29-,30+,40+,43+,44+/m0/s1. The molecule has 1 fully saturated rings. The zero-order chi connectivity index (χ0) is 36.6. The summed E-state index contributed by atoms with van der Waals surface area (Å²) in [5.74, 6) is -1.02. The third kappa shape index (κ3) is 9.13. The number of aliphatic carboxylic acids is 1. The van der Waals surface area contributed by atoms with E-state index in [4.69, 9.17) is 14.6 Å². The summed E-state index contributed by atoms with van der Waals surface area (Å²) >= 11 is 0. The van der Waals surface area contributed by atoms with Gasteiger partial charge >= 0.3 is 5.97 Å². The first-order valence-corrected chi connectivity index (χ1v) is 18.1. The quantitative estimate of drug-likeness (QED) is 0.107. The van der Waals surface area contributed by atoms with Gasteiger partial charge in [0.15, 0.2) is 6.29 Å². The second-order valence-corrected chi connectivity index (χ2v) is 13.9. The first-order chi connectivity index (χ1) is 25.2. The van der Waals surface area contributed by atoms with E-state index in [0.29, 0.717) is 19.5 Å². The molecule has 0 radical (unpaired) electrons. The van der Waals surface area contributed by atoms with Gasteiger partial charge in [-0.3, -0.25) is 14.5 Å². The third-order valence-electron chi connectivity index (χ3n) is 10.2. The van der Waals surface area contributed by atoms with E-state index in [2.05, 4.69) is 91.8 Å². The summed E-state index contributed by atoms with van der Waals surface area (Å²) in [6, 6.07) is 39.5. The zero-order valence-electron chi connectivity index (χ0n) is 30.1. The second kappa shape index (κ2) is 17.1. The summed E-state index contributed by atoms with van der Waals surface area (Å²) < 4.78 is 13.6. The van der Waals surface area contributed by atoms with E-state index < -0.39 is 12.3 Å². The van der Waals surface area contributed by atoms with Crippen LogP contribution in [-0.4, -0.2) is 46.7 Å². The Morgan fingerprint density at radius 1 is 0.788 bits per heavy atom. The van der Waals surface area contributed by atoms with Gasteiger partial charge in [-0.2, -0.15) is 0 Å². The number of ether oxygens (including phenoxy) is 2. The molecule has 1 aliphatic rings. The lowest BCUT2D eigenvalue weighted by atomic mass is 9.89. The summed E-state index contributed by atoms with van der Waals surface area (Å²) in [5, 5.41) is 23.9. The number of carbonyl (C=O) groups is 2. The van der Waals surface area contributed by atoms with Gasteiger partial charge in [-0.25, -0.2) is 0 Å². The van der Waals surface area contributed by atoms with Crippen molar-refractivity contribution in [3.05, 3.63) is 143 Å². The number of aliphatic hydroxyl groups is 1. The number of rotatable bonds is 14. The summed E-state index contributed by atoms with van der Waals surface area (Å²) in [6.07, 6.45) is -0.507. The van der Waals surface area contributed by atoms with Crippen LogP contribution < -0.4 is 5.32 Å². The molecule has 3 N–H and O–H groups in total. The number of hydrogen-bond acceptors (Lipinski definition) is 6. The summed E-state index contributed by atoms with van der Waals surface area (Å²) in [4.78, 5) is 25.4. The number of hydrogen-bond donors (Lipinski definition) is 3. The Morgan fingerprint density at radius 2 is 1.52 bits per heavy atom. The Labute approximate surface area is 306 Å². The largest absolute Gasteiger partial charge is 0.481 e. The van der Waals surface area contributed by atoms with Crippen LogP contribution in [0.4, 0.5) is 0 Å². The molecule has 0 unspecified atom stereocenters. The van der Waals surface area contributed by atoms with Crippen LogP contribution in [-0.2, 0) is 32.2 Å². The van der Waals surface area contributed by atoms with Crippen molar-refractivity contribution in [3.63, 3.8) is 0 Å². The van der Waals surface area contributed by atoms with Gasteiger partial charge in [0.05, 0.1) is 18.8 Å². The molecular weight excluding hydrogens is 652 g/mol. The number of nitrogens with zero attached hydrogens (tertiary/aromatic N) is 1. The highest BCUT2D eigenvalue weighted by molar-refractivity contribution is 5.83. The number of likely N-dealkylation sites (N-methyl/N-ethyl adjacent to an activating group) is 1. The normalized spacial score (nSPS) is 19.4. The van der Waals surface area contributed by atoms with Crippen molar-refractivity contribution in [1.29, 1.82) is 0 Å². The van der Waals surface area contributed by atoms with E-state index in [1.165, 1.54) is 16.3 Å². The SMILES string of the molecule is C[C@H]1[C@@H](CN(C)[C@H](C)c2ccc3ccccc3c2)O[C@@H](c2cccc(-c3cccc(CNC(=O)CCCC(=O)O)c3)c2)O[C@H]1c1ccc(CO)cc1. The molecule has 0 bridgehead atoms. The van der Waals surface area contributed by atoms with Gasteiger partial charge in [0.1, 0.15) is 0 Å². The molecule has 1 amide bonds. The van der Waals surface area contributed by atoms with Gasteiger partial charge in [-0.1, -0.05) is 104 Å². The maximum Gasteiger partial charge on any atom is 0.303 e. The third-order valence-corrected chi connectivity index (χ3v) is 10.2. The molecule has 5 atom stereocenters. The van der Waals surface area contributed by atoms with Crippen LogP contribution in [0.25, 0.3) is 21.9 Å². The smallest absolute Gasteiger partial charge is 0.303 e. The highest BCUT2D eigenvalue weighted by atomic mass is 16.7. The summed E-state index contributed by atoms with van der Waals surface area (Å²) in [7, 11) is 2.15. The van der Waals surface area contributed by atoms with Crippen molar-refractivity contribution in [2.45, 2.75) is 70.8 Å². The van der Waals surface area contributed by atoms with Crippen molar-refractivity contribution in [2.24, 2.45) is 5.92 Å². The van der Waals surface area contributed by atoms with Crippen LogP contribution in [0.1, 0.15) is 79.4 Å². The number of nitrogens with one attached hydrogen (secondary N) is 1. The monoisotopic (exact) mass is 700 g/mol. The maximum absolute atomic E-state index is 12.3. The zero-order valence-corrected chi connectivity index (χ0v) is 30.1. The highest BCUT2D eigenvalue weighted by Gasteiger charge is 2.39. The van der Waals surface area contributed by atoms with E-state index in [0.717, 1.165) is 33.4 Å². The lowest BCUT2D eigenvalue weighted by Gasteiger charge is -2.43. The van der Waals surface area contributed by atoms with E-state index in [-0.39, 0.29) is 49.5 Å². The fourth-order valence-electron chi connectivity index (χ4n) is 6.91. The Kier molecular flexibility index (Phi) is 12.1. The van der Waals surface area contributed by atoms with Crippen molar-refractivity contribution in [2.75, 3.05) is 13.6 Å². The number of amides is 1. The molecule has 5 aromatic rings. The van der Waals surface area contributed by atoms with Gasteiger partial charge in [0.25, 0.3) is 0 Å². The number of fused-ring (bicyclic) bond motifs is 1. The lowest BCUT2D eigenvalue weighted by molar-refractivity contribution is -0.276. The minimum atomic E-state index is -0.900. The number of carbonyl (C=O) groups excluding carboxylic acids is 1. The molecule has 52 heavy (non-hydrogen) atoms. The van der Waals surface area contributed by atoms with Gasteiger partial charge in [-0.15, -0.1) is 0 Å². The fraction of sp³-hybridized carbons (Fsp3) is 0.318. The predicted molar refractivity (Wildman–Crippen MR) is 203 cm³/mol. The highest BCUT2D eigenvalue weighted by Crippen LogP contribution is 2.43. The van der Waals surface area contributed by atoms with Crippen molar-refractivity contribution in [3.8, 4) is 11.1 Å². The molecule has 1 heterocycles. The molecule has 5 aromatic carbocycles. The Morgan fingerprint density at radius 3 is 2.27 bits per heavy atom. The Balaban J connectivity index is 1.21. The molecule has 0 saturated carbocycles. The van der Waals surface area contributed by atoms with Gasteiger partial charge in [0.2, 0.25) is 5.91 Å². The van der Waals surface area contributed by atoms with Gasteiger partial charge < -0.3 is 25.0 Å². The number of benzene rings is 5. The second-order valence-electron chi connectivity index (χ2n) is 13.9. The van der Waals surface area contributed by atoms with E-state index in [1.54, 1.807) is 0 Å². The first-order valence-electron chi connectivity index (χ1n) is 18.1. The number of aliphatic hydroxyl groups excluding tert-OH is 1. The van der Waals surface area contributed by atoms with E-state index in [9.17, 15) is 14.7 Å². The first kappa shape index (κ1) is 36.9. The van der Waals surface area contributed by atoms with Crippen LogP contribution >= 0.6 is 0 Å². The fourth-order valence-corrected chi connectivity index (χ4v) is 6.91. The van der Waals surface area contributed by atoms with E-state index >= 15 is 0 Å². The number of carboxylic acid groups (broad SMARTS) is 1. The molecule has 0 aromatic heterocycles. The summed E-state index contributed by atoms with van der Waals surface area (Å²) in [5.41, 5.74) is 7.01. The van der Waals surface area contributed by atoms with Crippen molar-refractivity contribution in [1.82, 2.24) is 10.2 Å². The maximum atomic E-state index is 12.3. The molecule has 8 heteroatoms. The van der Waals surface area contributed by atoms with Crippen molar-refractivity contribution < 1.29 is 29.3 Å². The van der Waals surface area contributed by atoms with Crippen LogP contribution in [0.15, 0.2) is 115 Å². The Hall–Kier alpha value is -4.86. The van der Waals surface area contributed by atoms with E-state index in [1.807, 2.05) is 54.6 Å². The van der Waals surface area contributed by atoms with Crippen LogP contribution in [0.5, 0.6) is 0 Å². The molecule has 1 aliphatic heterocycles. The van der Waals surface area contributed by atoms with Crippen LogP contribution in [0, 0.1) is 5.92 Å². The minimum Gasteiger partial charge on any atom is -0.481 e. The average Bonchev–Trinajstić information content (AvgIpc) is 3.17. The van der Waals surface area contributed by atoms with Gasteiger partial charge in [-0.05, 0) is 82.7 Å². The number of carboxylic acids is 1. The van der Waals surface area contributed by atoms with Crippen LogP contribution in [0.3, 0.4) is 0 Å². The molecule has 270 valence electrons. The molecule has 0 spiro atoms. The van der Waals surface area contributed by atoms with Crippen molar-refractivity contribution >= 4 is 22.6 Å². The Bertz CT molecular complexity index is 1980. The van der Waals surface area contributed by atoms with Crippen LogP contribution in [0.2, 0.25) is 0 Å².